The number of aliphatic hydroxyl groups is 1. The van der Waals surface area contributed by atoms with Gasteiger partial charge in [-0.2, -0.15) is 0 Å². The summed E-state index contributed by atoms with van der Waals surface area (Å²) in [5.74, 6) is 0. The second-order valence-corrected chi connectivity index (χ2v) is 3.58. The van der Waals surface area contributed by atoms with Crippen LogP contribution < -0.4 is 0 Å². The van der Waals surface area contributed by atoms with Crippen LogP contribution in [-0.4, -0.2) is 10.0 Å². The lowest BCUT2D eigenvalue weighted by atomic mass is 10.0. The van der Waals surface area contributed by atoms with Gasteiger partial charge in [0.15, 0.2) is 0 Å². The molecule has 0 heterocycles. The number of nitro benzene ring substituents is 1. The van der Waals surface area contributed by atoms with E-state index in [1.165, 1.54) is 12.1 Å². The van der Waals surface area contributed by atoms with E-state index in [1.807, 2.05) is 0 Å². The van der Waals surface area contributed by atoms with Gasteiger partial charge >= 0.3 is 0 Å². The summed E-state index contributed by atoms with van der Waals surface area (Å²) in [6.45, 7) is 0. The summed E-state index contributed by atoms with van der Waals surface area (Å²) < 4.78 is 0. The lowest BCUT2D eigenvalue weighted by Crippen LogP contribution is -1.99. The van der Waals surface area contributed by atoms with Crippen LogP contribution in [0.1, 0.15) is 17.2 Å². The molecule has 2 rings (SSSR count). The Morgan fingerprint density at radius 3 is 2.12 bits per heavy atom. The van der Waals surface area contributed by atoms with Crippen molar-refractivity contribution in [1.82, 2.24) is 0 Å². The van der Waals surface area contributed by atoms with Gasteiger partial charge in [0.05, 0.1) is 4.92 Å². The van der Waals surface area contributed by atoms with Gasteiger partial charge in [0.1, 0.15) is 6.10 Å². The van der Waals surface area contributed by atoms with E-state index in [4.69, 9.17) is 0 Å². The summed E-state index contributed by atoms with van der Waals surface area (Å²) in [5.41, 5.74) is 1.38. The fourth-order valence-corrected chi connectivity index (χ4v) is 1.55. The first-order valence-corrected chi connectivity index (χ1v) is 5.07. The zero-order valence-electron chi connectivity index (χ0n) is 8.91. The third kappa shape index (κ3) is 2.49. The van der Waals surface area contributed by atoms with E-state index in [1.54, 1.807) is 36.4 Å². The number of rotatable bonds is 3. The van der Waals surface area contributed by atoms with Crippen LogP contribution >= 0.6 is 0 Å². The molecular weight excluding hydrogens is 218 g/mol. The predicted octanol–water partition coefficient (Wildman–Crippen LogP) is 2.48. The number of aliphatic hydroxyl groups excluding tert-OH is 1. The first-order valence-electron chi connectivity index (χ1n) is 5.07. The maximum Gasteiger partial charge on any atom is 0.269 e. The average Bonchev–Trinajstić information content (AvgIpc) is 2.39. The molecule has 85 valence electrons. The van der Waals surface area contributed by atoms with Crippen molar-refractivity contribution in [3.05, 3.63) is 75.8 Å². The van der Waals surface area contributed by atoms with Crippen LogP contribution in [0.4, 0.5) is 5.69 Å². The molecule has 1 radical (unpaired) electrons. The summed E-state index contributed by atoms with van der Waals surface area (Å²) in [6.07, 6.45) is -0.773. The third-order valence-corrected chi connectivity index (χ3v) is 2.48. The van der Waals surface area contributed by atoms with Gasteiger partial charge in [-0.25, -0.2) is 0 Å². The minimum atomic E-state index is -0.773. The lowest BCUT2D eigenvalue weighted by molar-refractivity contribution is -0.384. The van der Waals surface area contributed by atoms with Crippen molar-refractivity contribution in [2.75, 3.05) is 0 Å². The van der Waals surface area contributed by atoms with Crippen molar-refractivity contribution in [2.24, 2.45) is 0 Å². The molecule has 1 N–H and O–H groups in total. The van der Waals surface area contributed by atoms with Crippen LogP contribution in [-0.2, 0) is 0 Å². The molecule has 0 bridgehead atoms. The van der Waals surface area contributed by atoms with Crippen molar-refractivity contribution in [3.8, 4) is 0 Å². The summed E-state index contributed by atoms with van der Waals surface area (Å²) in [5, 5.41) is 20.5. The normalized spacial score (nSPS) is 12.1. The Labute approximate surface area is 98.3 Å². The number of benzene rings is 2. The molecule has 0 aromatic heterocycles. The van der Waals surface area contributed by atoms with Crippen molar-refractivity contribution in [2.45, 2.75) is 6.10 Å². The van der Waals surface area contributed by atoms with E-state index < -0.39 is 11.0 Å². The molecule has 2 aromatic carbocycles. The summed E-state index contributed by atoms with van der Waals surface area (Å²) in [4.78, 5) is 10.0. The molecule has 2 aromatic rings. The Kier molecular flexibility index (Phi) is 3.16. The summed E-state index contributed by atoms with van der Waals surface area (Å²) in [6, 6.07) is 15.7. The molecule has 17 heavy (non-hydrogen) atoms. The summed E-state index contributed by atoms with van der Waals surface area (Å²) in [7, 11) is 0. The molecular formula is C13H10NO3. The maximum atomic E-state index is 10.5. The average molecular weight is 228 g/mol. The van der Waals surface area contributed by atoms with E-state index in [-0.39, 0.29) is 5.69 Å². The van der Waals surface area contributed by atoms with Gasteiger partial charge in [0.25, 0.3) is 5.69 Å². The molecule has 1 unspecified atom stereocenters. The number of nitro groups is 1. The predicted molar refractivity (Wildman–Crippen MR) is 62.4 cm³/mol. The number of nitrogens with zero attached hydrogens (tertiary/aromatic N) is 1. The minimum absolute atomic E-state index is 0.0161. The monoisotopic (exact) mass is 228 g/mol. The quantitative estimate of drug-likeness (QED) is 0.648. The van der Waals surface area contributed by atoms with E-state index >= 15 is 0 Å². The van der Waals surface area contributed by atoms with Crippen molar-refractivity contribution in [3.63, 3.8) is 0 Å². The van der Waals surface area contributed by atoms with Gasteiger partial charge in [-0.1, -0.05) is 24.3 Å². The van der Waals surface area contributed by atoms with Gasteiger partial charge in [-0.15, -0.1) is 0 Å². The molecule has 0 amide bonds. The third-order valence-electron chi connectivity index (χ3n) is 2.48. The topological polar surface area (TPSA) is 63.4 Å². The Morgan fingerprint density at radius 1 is 1.06 bits per heavy atom. The molecule has 0 spiro atoms. The fourth-order valence-electron chi connectivity index (χ4n) is 1.55. The maximum absolute atomic E-state index is 10.5. The lowest BCUT2D eigenvalue weighted by Gasteiger charge is -2.10. The largest absolute Gasteiger partial charge is 0.384 e. The first kappa shape index (κ1) is 11.3. The molecule has 0 aliphatic carbocycles. The number of non-ortho nitro benzene ring substituents is 1. The van der Waals surface area contributed by atoms with Crippen LogP contribution in [0.15, 0.2) is 48.5 Å². The van der Waals surface area contributed by atoms with Crippen molar-refractivity contribution in [1.29, 1.82) is 0 Å². The SMILES string of the molecule is O=[N+]([O-])c1ccc(C(O)c2cc[c]cc2)cc1. The Morgan fingerprint density at radius 2 is 1.59 bits per heavy atom. The minimum Gasteiger partial charge on any atom is -0.384 e. The smallest absolute Gasteiger partial charge is 0.269 e. The molecule has 1 atom stereocenters. The van der Waals surface area contributed by atoms with Crippen molar-refractivity contribution >= 4 is 5.69 Å². The van der Waals surface area contributed by atoms with Crippen LogP contribution in [0.2, 0.25) is 0 Å². The number of hydrogen-bond donors (Lipinski definition) is 1. The highest BCUT2D eigenvalue weighted by Gasteiger charge is 2.11. The standard InChI is InChI=1S/C13H10NO3/c15-13(10-4-2-1-3-5-10)11-6-8-12(9-7-11)14(16)17/h2-9,13,15H. The van der Waals surface area contributed by atoms with Crippen LogP contribution in [0.25, 0.3) is 0 Å². The van der Waals surface area contributed by atoms with E-state index in [0.29, 0.717) is 5.56 Å². The first-order chi connectivity index (χ1) is 8.18. The van der Waals surface area contributed by atoms with Gasteiger partial charge in [-0.05, 0) is 29.3 Å². The number of hydrogen-bond acceptors (Lipinski definition) is 3. The fraction of sp³-hybridized carbons (Fsp3) is 0.0769. The van der Waals surface area contributed by atoms with Gasteiger partial charge in [0.2, 0.25) is 0 Å². The van der Waals surface area contributed by atoms with Crippen LogP contribution in [0.5, 0.6) is 0 Å². The zero-order chi connectivity index (χ0) is 12.3. The highest BCUT2D eigenvalue weighted by atomic mass is 16.6. The molecule has 4 heteroatoms. The second kappa shape index (κ2) is 4.76. The molecule has 0 fully saturated rings. The Balaban J connectivity index is 2.26. The Hall–Kier alpha value is -2.20. The summed E-state index contributed by atoms with van der Waals surface area (Å²) >= 11 is 0. The van der Waals surface area contributed by atoms with Crippen LogP contribution in [0.3, 0.4) is 0 Å². The highest BCUT2D eigenvalue weighted by molar-refractivity contribution is 5.37. The molecule has 0 aliphatic heterocycles. The van der Waals surface area contributed by atoms with E-state index in [2.05, 4.69) is 6.07 Å². The molecule has 0 aliphatic rings. The van der Waals surface area contributed by atoms with Gasteiger partial charge in [0, 0.05) is 12.1 Å². The zero-order valence-corrected chi connectivity index (χ0v) is 8.91. The van der Waals surface area contributed by atoms with Crippen LogP contribution in [0, 0.1) is 16.2 Å². The highest BCUT2D eigenvalue weighted by Crippen LogP contribution is 2.23. The van der Waals surface area contributed by atoms with Gasteiger partial charge < -0.3 is 5.11 Å². The van der Waals surface area contributed by atoms with Gasteiger partial charge in [-0.3, -0.25) is 10.1 Å². The van der Waals surface area contributed by atoms with E-state index in [9.17, 15) is 15.2 Å². The molecule has 4 nitrogen and oxygen atoms in total. The second-order valence-electron chi connectivity index (χ2n) is 3.58. The molecule has 0 saturated carbocycles. The molecule has 0 saturated heterocycles. The Bertz CT molecular complexity index is 508. The van der Waals surface area contributed by atoms with Crippen molar-refractivity contribution < 1.29 is 10.0 Å². The van der Waals surface area contributed by atoms with E-state index in [0.717, 1.165) is 5.56 Å².